The molecule has 2 aliphatic carbocycles. The normalized spacial score (nSPS) is 14.4. The minimum absolute atomic E-state index is 0.209. The monoisotopic (exact) mass is 860 g/mol. The summed E-state index contributed by atoms with van der Waals surface area (Å²) in [5.74, 6) is 0.997. The van der Waals surface area contributed by atoms with Crippen molar-refractivity contribution in [2.45, 2.75) is 26.2 Å². The fourth-order valence-corrected chi connectivity index (χ4v) is 9.16. The second-order valence-electron chi connectivity index (χ2n) is 17.4. The van der Waals surface area contributed by atoms with Crippen LogP contribution in [-0.2, 0) is 0 Å². The number of rotatable bonds is 12. The number of hydrogen-bond donors (Lipinski definition) is 0. The molecule has 1 atom stereocenters. The molecule has 67 heavy (non-hydrogen) atoms. The lowest BCUT2D eigenvalue weighted by Gasteiger charge is -2.22. The minimum Gasteiger partial charge on any atom is -0.229 e. The lowest BCUT2D eigenvalue weighted by Crippen LogP contribution is -2.10. The van der Waals surface area contributed by atoms with Gasteiger partial charge < -0.3 is 0 Å². The number of nitrogens with zero attached hydrogens (tertiary/aromatic N) is 2. The second kappa shape index (κ2) is 20.3. The van der Waals surface area contributed by atoms with Gasteiger partial charge in [0, 0.05) is 5.56 Å². The highest BCUT2D eigenvalue weighted by molar-refractivity contribution is 5.92. The van der Waals surface area contributed by atoms with Crippen LogP contribution in [0.3, 0.4) is 0 Å². The molecule has 0 N–H and O–H groups in total. The third-order valence-electron chi connectivity index (χ3n) is 12.7. The molecule has 1 aromatic heterocycles. The van der Waals surface area contributed by atoms with Crippen molar-refractivity contribution in [3.8, 4) is 11.3 Å². The molecule has 1 heterocycles. The standard InChI is InChI=1S/C65H52N2/c1-47-42-50(45-62(55-28-16-6-17-29-55)56-30-18-7-19-31-56)36-41-59(47)65-66-63(57-37-32-48(33-38-57)43-60(51-20-8-2-9-21-51)52-22-10-3-11-23-52)46-64(67-65)58-39-34-49(35-40-58)44-61(53-24-12-4-13-25-53)54-26-14-5-15-27-54/h2-34,36-39,41,43-47H,35,40,42H2,1H3. The summed E-state index contributed by atoms with van der Waals surface area (Å²) in [6.45, 7) is 2.31. The van der Waals surface area contributed by atoms with Crippen LogP contribution in [0.5, 0.6) is 0 Å². The molecule has 0 fully saturated rings. The molecule has 0 saturated heterocycles. The Balaban J connectivity index is 1.03. The van der Waals surface area contributed by atoms with Crippen molar-refractivity contribution < 1.29 is 0 Å². The van der Waals surface area contributed by atoms with Crippen LogP contribution in [0.4, 0.5) is 0 Å². The Hall–Kier alpha value is -8.20. The molecular formula is C65H52N2. The van der Waals surface area contributed by atoms with Gasteiger partial charge in [0.25, 0.3) is 0 Å². The highest BCUT2D eigenvalue weighted by atomic mass is 14.9. The van der Waals surface area contributed by atoms with Crippen molar-refractivity contribution in [2.75, 3.05) is 0 Å². The Bertz CT molecular complexity index is 3070. The van der Waals surface area contributed by atoms with E-state index in [9.17, 15) is 0 Å². The fraction of sp³-hybridized carbons (Fsp3) is 0.0769. The van der Waals surface area contributed by atoms with Crippen LogP contribution in [-0.4, -0.2) is 9.97 Å². The molecule has 0 bridgehead atoms. The summed E-state index contributed by atoms with van der Waals surface area (Å²) in [5, 5.41) is 0. The van der Waals surface area contributed by atoms with E-state index >= 15 is 0 Å². The van der Waals surface area contributed by atoms with Crippen LogP contribution in [0.25, 0.3) is 45.2 Å². The van der Waals surface area contributed by atoms with Crippen molar-refractivity contribution >= 4 is 33.9 Å². The zero-order valence-corrected chi connectivity index (χ0v) is 37.8. The Morgan fingerprint density at radius 3 is 1.22 bits per heavy atom. The van der Waals surface area contributed by atoms with Gasteiger partial charge in [-0.05, 0) is 115 Å². The lowest BCUT2D eigenvalue weighted by molar-refractivity contribution is 0.730. The average Bonchev–Trinajstić information content (AvgIpc) is 3.40. The van der Waals surface area contributed by atoms with Crippen molar-refractivity contribution in [1.29, 1.82) is 0 Å². The van der Waals surface area contributed by atoms with E-state index in [1.807, 2.05) is 0 Å². The van der Waals surface area contributed by atoms with Crippen LogP contribution in [0.1, 0.15) is 76.6 Å². The van der Waals surface area contributed by atoms with Crippen LogP contribution < -0.4 is 0 Å². The maximum Gasteiger partial charge on any atom is 0.156 e. The molecule has 2 heteroatoms. The topological polar surface area (TPSA) is 25.8 Å². The molecule has 8 aromatic rings. The highest BCUT2D eigenvalue weighted by Gasteiger charge is 2.22. The van der Waals surface area contributed by atoms with Gasteiger partial charge in [-0.25, -0.2) is 9.97 Å². The smallest absolute Gasteiger partial charge is 0.156 e. The molecule has 322 valence electrons. The summed E-state index contributed by atoms with van der Waals surface area (Å²) in [5.41, 5.74) is 19.9. The molecule has 10 rings (SSSR count). The van der Waals surface area contributed by atoms with E-state index in [4.69, 9.17) is 9.97 Å². The summed E-state index contributed by atoms with van der Waals surface area (Å²) in [6.07, 6.45) is 18.8. The third-order valence-corrected chi connectivity index (χ3v) is 12.7. The molecule has 0 aliphatic heterocycles. The molecule has 0 radical (unpaired) electrons. The first kappa shape index (κ1) is 42.7. The molecule has 7 aromatic carbocycles. The van der Waals surface area contributed by atoms with Crippen molar-refractivity contribution in [2.24, 2.45) is 5.92 Å². The van der Waals surface area contributed by atoms with E-state index < -0.39 is 0 Å². The summed E-state index contributed by atoms with van der Waals surface area (Å²) in [6, 6.07) is 75.1. The number of hydrogen-bond acceptors (Lipinski definition) is 2. The van der Waals surface area contributed by atoms with Gasteiger partial charge in [0.15, 0.2) is 5.82 Å². The number of aromatic nitrogens is 2. The lowest BCUT2D eigenvalue weighted by atomic mass is 9.85. The first-order valence-electron chi connectivity index (χ1n) is 23.4. The van der Waals surface area contributed by atoms with Gasteiger partial charge in [0.2, 0.25) is 0 Å². The van der Waals surface area contributed by atoms with Gasteiger partial charge in [-0.15, -0.1) is 0 Å². The Labute approximate surface area is 395 Å². The molecule has 1 unspecified atom stereocenters. The van der Waals surface area contributed by atoms with Gasteiger partial charge in [-0.1, -0.05) is 250 Å². The molecule has 0 spiro atoms. The van der Waals surface area contributed by atoms with E-state index in [0.29, 0.717) is 0 Å². The van der Waals surface area contributed by atoms with E-state index in [-0.39, 0.29) is 5.92 Å². The van der Waals surface area contributed by atoms with Gasteiger partial charge in [-0.3, -0.25) is 0 Å². The quantitative estimate of drug-likeness (QED) is 0.114. The summed E-state index contributed by atoms with van der Waals surface area (Å²) < 4.78 is 0. The predicted octanol–water partition coefficient (Wildman–Crippen LogP) is 16.4. The molecule has 0 amide bonds. The predicted molar refractivity (Wildman–Crippen MR) is 282 cm³/mol. The van der Waals surface area contributed by atoms with E-state index in [2.05, 4.69) is 262 Å². The average molecular weight is 861 g/mol. The largest absolute Gasteiger partial charge is 0.229 e. The summed E-state index contributed by atoms with van der Waals surface area (Å²) in [4.78, 5) is 10.8. The maximum atomic E-state index is 5.40. The van der Waals surface area contributed by atoms with E-state index in [0.717, 1.165) is 53.2 Å². The Morgan fingerprint density at radius 2 is 0.806 bits per heavy atom. The first-order chi connectivity index (χ1) is 33.1. The molecular weight excluding hydrogens is 809 g/mol. The zero-order chi connectivity index (χ0) is 45.2. The van der Waals surface area contributed by atoms with Gasteiger partial charge in [0.1, 0.15) is 0 Å². The van der Waals surface area contributed by atoms with Crippen molar-refractivity contribution in [1.82, 2.24) is 9.97 Å². The summed E-state index contributed by atoms with van der Waals surface area (Å²) in [7, 11) is 0. The molecule has 2 nitrogen and oxygen atoms in total. The van der Waals surface area contributed by atoms with Gasteiger partial charge in [-0.2, -0.15) is 0 Å². The van der Waals surface area contributed by atoms with Crippen LogP contribution in [0, 0.1) is 5.92 Å². The summed E-state index contributed by atoms with van der Waals surface area (Å²) >= 11 is 0. The van der Waals surface area contributed by atoms with Crippen molar-refractivity contribution in [3.05, 3.63) is 310 Å². The van der Waals surface area contributed by atoms with Crippen molar-refractivity contribution in [3.63, 3.8) is 0 Å². The van der Waals surface area contributed by atoms with Crippen LogP contribution >= 0.6 is 0 Å². The molecule has 2 aliphatic rings. The zero-order valence-electron chi connectivity index (χ0n) is 37.8. The highest BCUT2D eigenvalue weighted by Crippen LogP contribution is 2.38. The van der Waals surface area contributed by atoms with Crippen LogP contribution in [0.15, 0.2) is 260 Å². The fourth-order valence-electron chi connectivity index (χ4n) is 9.16. The number of allylic oxidation sites excluding steroid dienone is 10. The second-order valence-corrected chi connectivity index (χ2v) is 17.4. The van der Waals surface area contributed by atoms with Crippen LogP contribution in [0.2, 0.25) is 0 Å². The van der Waals surface area contributed by atoms with E-state index in [1.54, 1.807) is 0 Å². The van der Waals surface area contributed by atoms with Gasteiger partial charge >= 0.3 is 0 Å². The van der Waals surface area contributed by atoms with E-state index in [1.165, 1.54) is 66.8 Å². The Morgan fingerprint density at radius 1 is 0.403 bits per heavy atom. The molecule has 0 saturated carbocycles. The van der Waals surface area contributed by atoms with Gasteiger partial charge in [0.05, 0.1) is 11.4 Å². The minimum atomic E-state index is 0.209. The Kier molecular flexibility index (Phi) is 13.0. The first-order valence-corrected chi connectivity index (χ1v) is 23.4. The maximum absolute atomic E-state index is 5.40. The number of benzene rings is 7. The SMILES string of the molecule is CC1CC(C=C(c2ccccc2)c2ccccc2)=CC=C1c1nc(C2=CC=C(C=C(c3ccccc3)c3ccccc3)CC2)cc(-c2ccc(C=C(c3ccccc3)c3ccccc3)cc2)n1. The third kappa shape index (κ3) is 10.2.